The van der Waals surface area contributed by atoms with Crippen molar-refractivity contribution in [2.75, 3.05) is 21.3 Å². The van der Waals surface area contributed by atoms with Crippen molar-refractivity contribution >= 4 is 18.6 Å². The molecule has 0 atom stereocenters. The van der Waals surface area contributed by atoms with Crippen LogP contribution in [0.25, 0.3) is 0 Å². The lowest BCUT2D eigenvalue weighted by atomic mass is 10.2. The Balaban J connectivity index is 2.36. The number of benzene rings is 1. The fourth-order valence-electron chi connectivity index (χ4n) is 1.83. The summed E-state index contributed by atoms with van der Waals surface area (Å²) in [5.74, 6) is 5.80. The van der Waals surface area contributed by atoms with Gasteiger partial charge in [-0.05, 0) is 12.1 Å². The van der Waals surface area contributed by atoms with E-state index in [1.807, 2.05) is 0 Å². The lowest BCUT2D eigenvalue weighted by Gasteiger charge is -2.16. The molecule has 0 spiro atoms. The molecule has 1 aromatic carbocycles. The standard InChI is InChI=1S/C13H17N5O3/c1-19-10-6-9(7-11(20-2)12(10)21-3)8-17-13(18-14)15-4-5-16-13/h4-8,18H,14H2,1-3H3. The first-order chi connectivity index (χ1) is 10.2. The van der Waals surface area contributed by atoms with Crippen molar-refractivity contribution in [3.05, 3.63) is 17.7 Å². The van der Waals surface area contributed by atoms with Crippen molar-refractivity contribution in [2.45, 2.75) is 5.91 Å². The van der Waals surface area contributed by atoms with Crippen LogP contribution in [0, 0.1) is 0 Å². The number of aliphatic imine (C=N–C) groups is 3. The highest BCUT2D eigenvalue weighted by molar-refractivity contribution is 6.17. The molecule has 0 bridgehead atoms. The number of nitrogens with one attached hydrogen (secondary N) is 1. The van der Waals surface area contributed by atoms with E-state index in [0.717, 1.165) is 5.56 Å². The summed E-state index contributed by atoms with van der Waals surface area (Å²) in [6, 6.07) is 3.52. The van der Waals surface area contributed by atoms with E-state index in [1.54, 1.807) is 39.7 Å². The van der Waals surface area contributed by atoms with E-state index in [9.17, 15) is 0 Å². The van der Waals surface area contributed by atoms with Crippen LogP contribution in [-0.2, 0) is 0 Å². The summed E-state index contributed by atoms with van der Waals surface area (Å²) in [6.07, 6.45) is 4.61. The third-order valence-corrected chi connectivity index (χ3v) is 2.85. The number of methoxy groups -OCH3 is 3. The summed E-state index contributed by atoms with van der Waals surface area (Å²) in [7, 11) is 4.64. The van der Waals surface area contributed by atoms with E-state index in [0.29, 0.717) is 17.2 Å². The van der Waals surface area contributed by atoms with Crippen LogP contribution in [0.2, 0.25) is 0 Å². The predicted octanol–water partition coefficient (Wildman–Crippen LogP) is 0.361. The molecule has 1 aromatic rings. The molecule has 1 aliphatic rings. The first-order valence-corrected chi connectivity index (χ1v) is 6.10. The summed E-state index contributed by atoms with van der Waals surface area (Å²) >= 11 is 0. The van der Waals surface area contributed by atoms with Crippen LogP contribution >= 0.6 is 0 Å². The van der Waals surface area contributed by atoms with Crippen molar-refractivity contribution in [3.63, 3.8) is 0 Å². The van der Waals surface area contributed by atoms with Gasteiger partial charge in [-0.3, -0.25) is 5.84 Å². The Bertz CT molecular complexity index is 560. The van der Waals surface area contributed by atoms with Gasteiger partial charge in [0.05, 0.1) is 21.3 Å². The van der Waals surface area contributed by atoms with Gasteiger partial charge in [-0.1, -0.05) is 0 Å². The van der Waals surface area contributed by atoms with Gasteiger partial charge in [0.2, 0.25) is 5.75 Å². The zero-order valence-electron chi connectivity index (χ0n) is 12.0. The average Bonchev–Trinajstić information content (AvgIpc) is 3.01. The molecule has 112 valence electrons. The molecule has 0 saturated heterocycles. The number of nitrogens with two attached hydrogens (primary N) is 1. The fraction of sp³-hybridized carbons (Fsp3) is 0.308. The van der Waals surface area contributed by atoms with Gasteiger partial charge in [-0.2, -0.15) is 5.43 Å². The molecule has 0 saturated carbocycles. The van der Waals surface area contributed by atoms with Gasteiger partial charge in [-0.15, -0.1) is 0 Å². The van der Waals surface area contributed by atoms with E-state index < -0.39 is 5.91 Å². The highest BCUT2D eigenvalue weighted by atomic mass is 16.5. The minimum Gasteiger partial charge on any atom is -0.493 e. The topological polar surface area (TPSA) is 103 Å². The number of rotatable bonds is 6. The first-order valence-electron chi connectivity index (χ1n) is 6.10. The van der Waals surface area contributed by atoms with Crippen molar-refractivity contribution in [3.8, 4) is 17.2 Å². The number of hydrogen-bond donors (Lipinski definition) is 2. The molecular weight excluding hydrogens is 274 g/mol. The van der Waals surface area contributed by atoms with Crippen LogP contribution in [0.3, 0.4) is 0 Å². The third kappa shape index (κ3) is 3.01. The molecule has 8 heteroatoms. The van der Waals surface area contributed by atoms with Crippen LogP contribution in [0.4, 0.5) is 0 Å². The average molecular weight is 291 g/mol. The highest BCUT2D eigenvalue weighted by Crippen LogP contribution is 2.37. The van der Waals surface area contributed by atoms with Crippen LogP contribution in [-0.4, -0.2) is 45.9 Å². The second kappa shape index (κ2) is 6.33. The van der Waals surface area contributed by atoms with Gasteiger partial charge >= 0.3 is 5.91 Å². The monoisotopic (exact) mass is 291 g/mol. The molecule has 0 amide bonds. The molecule has 3 N–H and O–H groups in total. The highest BCUT2D eigenvalue weighted by Gasteiger charge is 2.26. The lowest BCUT2D eigenvalue weighted by Crippen LogP contribution is -2.43. The number of hydrazine groups is 1. The SMILES string of the molecule is COc1cc(C=NC2(NN)N=CC=N2)cc(OC)c1OC. The second-order valence-corrected chi connectivity index (χ2v) is 4.05. The van der Waals surface area contributed by atoms with E-state index in [-0.39, 0.29) is 0 Å². The van der Waals surface area contributed by atoms with Gasteiger partial charge < -0.3 is 14.2 Å². The third-order valence-electron chi connectivity index (χ3n) is 2.85. The summed E-state index contributed by atoms with van der Waals surface area (Å²) in [4.78, 5) is 12.3. The van der Waals surface area contributed by atoms with Crippen molar-refractivity contribution in [1.82, 2.24) is 5.43 Å². The molecule has 2 rings (SSSR count). The Kier molecular flexibility index (Phi) is 4.51. The summed E-state index contributed by atoms with van der Waals surface area (Å²) in [5, 5.41) is 0. The molecular formula is C13H17N5O3. The number of hydrogen-bond acceptors (Lipinski definition) is 8. The summed E-state index contributed by atoms with van der Waals surface area (Å²) in [6.45, 7) is 0. The van der Waals surface area contributed by atoms with Gasteiger partial charge in [0, 0.05) is 24.2 Å². The van der Waals surface area contributed by atoms with Crippen LogP contribution in [0.1, 0.15) is 5.56 Å². The summed E-state index contributed by atoms with van der Waals surface area (Å²) in [5.41, 5.74) is 3.18. The summed E-state index contributed by atoms with van der Waals surface area (Å²) < 4.78 is 15.8. The number of nitrogens with zero attached hydrogens (tertiary/aromatic N) is 3. The molecule has 8 nitrogen and oxygen atoms in total. The Morgan fingerprint density at radius 3 is 2.10 bits per heavy atom. The Labute approximate surface area is 122 Å². The zero-order valence-corrected chi connectivity index (χ0v) is 12.0. The van der Waals surface area contributed by atoms with Crippen molar-refractivity contribution in [2.24, 2.45) is 20.8 Å². The minimum atomic E-state index is -1.21. The quantitative estimate of drug-likeness (QED) is 0.447. The van der Waals surface area contributed by atoms with Gasteiger partial charge in [0.15, 0.2) is 11.5 Å². The number of ether oxygens (including phenoxy) is 3. The van der Waals surface area contributed by atoms with Crippen molar-refractivity contribution < 1.29 is 14.2 Å². The van der Waals surface area contributed by atoms with Crippen LogP contribution < -0.4 is 25.5 Å². The van der Waals surface area contributed by atoms with E-state index in [1.165, 1.54) is 12.4 Å². The maximum Gasteiger partial charge on any atom is 0.319 e. The lowest BCUT2D eigenvalue weighted by molar-refractivity contribution is 0.324. The molecule has 21 heavy (non-hydrogen) atoms. The zero-order chi connectivity index (χ0) is 15.3. The van der Waals surface area contributed by atoms with Crippen LogP contribution in [0.5, 0.6) is 17.2 Å². The van der Waals surface area contributed by atoms with Crippen LogP contribution in [0.15, 0.2) is 27.1 Å². The molecule has 0 unspecified atom stereocenters. The Morgan fingerprint density at radius 1 is 1.10 bits per heavy atom. The van der Waals surface area contributed by atoms with E-state index in [4.69, 9.17) is 20.1 Å². The maximum atomic E-state index is 5.43. The maximum absolute atomic E-state index is 5.43. The molecule has 0 fully saturated rings. The minimum absolute atomic E-state index is 0.515. The molecule has 1 aliphatic heterocycles. The molecule has 1 heterocycles. The Morgan fingerprint density at radius 2 is 1.67 bits per heavy atom. The molecule has 0 radical (unpaired) electrons. The van der Waals surface area contributed by atoms with Gasteiger partial charge in [0.25, 0.3) is 0 Å². The van der Waals surface area contributed by atoms with Gasteiger partial charge in [0.1, 0.15) is 0 Å². The van der Waals surface area contributed by atoms with E-state index >= 15 is 0 Å². The normalized spacial score (nSPS) is 15.6. The van der Waals surface area contributed by atoms with Gasteiger partial charge in [-0.25, -0.2) is 15.0 Å². The largest absolute Gasteiger partial charge is 0.493 e. The Hall–Kier alpha value is -2.45. The van der Waals surface area contributed by atoms with E-state index in [2.05, 4.69) is 20.4 Å². The fourth-order valence-corrected chi connectivity index (χ4v) is 1.83. The second-order valence-electron chi connectivity index (χ2n) is 4.05. The first kappa shape index (κ1) is 14.9. The molecule has 0 aromatic heterocycles. The smallest absolute Gasteiger partial charge is 0.319 e. The predicted molar refractivity (Wildman–Crippen MR) is 80.7 cm³/mol. The molecule has 0 aliphatic carbocycles. The van der Waals surface area contributed by atoms with Crippen molar-refractivity contribution in [1.29, 1.82) is 0 Å².